The first-order valence-electron chi connectivity index (χ1n) is 6.37. The summed E-state index contributed by atoms with van der Waals surface area (Å²) in [7, 11) is 0. The van der Waals surface area contributed by atoms with Gasteiger partial charge in [-0.2, -0.15) is 0 Å². The molecule has 0 aliphatic heterocycles. The van der Waals surface area contributed by atoms with Crippen molar-refractivity contribution in [2.45, 2.75) is 46.6 Å². The van der Waals surface area contributed by atoms with E-state index in [4.69, 9.17) is 0 Å². The molecule has 1 unspecified atom stereocenters. The van der Waals surface area contributed by atoms with Gasteiger partial charge in [0.1, 0.15) is 11.4 Å². The lowest BCUT2D eigenvalue weighted by atomic mass is 10.0. The maximum atomic E-state index is 11.2. The van der Waals surface area contributed by atoms with Gasteiger partial charge in [-0.15, -0.1) is 0 Å². The first-order valence-corrected chi connectivity index (χ1v) is 6.37. The van der Waals surface area contributed by atoms with Crippen LogP contribution in [0.4, 0.5) is 5.82 Å². The van der Waals surface area contributed by atoms with Crippen LogP contribution in [0.15, 0.2) is 12.3 Å². The van der Waals surface area contributed by atoms with Crippen molar-refractivity contribution in [2.24, 2.45) is 5.92 Å². The third-order valence-electron chi connectivity index (χ3n) is 2.93. The number of hydrogen-bond donors (Lipinski definition) is 2. The lowest BCUT2D eigenvalue weighted by Gasteiger charge is -2.17. The average Bonchev–Trinajstić information content (AvgIpc) is 2.26. The van der Waals surface area contributed by atoms with E-state index in [0.717, 1.165) is 18.4 Å². The van der Waals surface area contributed by atoms with Gasteiger partial charge in [0.25, 0.3) is 0 Å². The van der Waals surface area contributed by atoms with Crippen LogP contribution in [0.2, 0.25) is 0 Å². The second-order valence-corrected chi connectivity index (χ2v) is 5.17. The van der Waals surface area contributed by atoms with Gasteiger partial charge in [0, 0.05) is 12.2 Å². The molecule has 1 aromatic rings. The van der Waals surface area contributed by atoms with Gasteiger partial charge in [-0.05, 0) is 44.2 Å². The van der Waals surface area contributed by atoms with Gasteiger partial charge in [-0.3, -0.25) is 0 Å². The summed E-state index contributed by atoms with van der Waals surface area (Å²) in [5.74, 6) is 0.191. The van der Waals surface area contributed by atoms with Gasteiger partial charge in [-0.1, -0.05) is 13.8 Å². The molecule has 1 heterocycles. The van der Waals surface area contributed by atoms with Crippen LogP contribution in [0.3, 0.4) is 0 Å². The molecule has 0 spiro atoms. The van der Waals surface area contributed by atoms with Crippen LogP contribution in [0.1, 0.15) is 49.5 Å². The Bertz CT molecular complexity index is 416. The number of hydrogen-bond acceptors (Lipinski definition) is 3. The highest BCUT2D eigenvalue weighted by molar-refractivity contribution is 5.94. The van der Waals surface area contributed by atoms with Gasteiger partial charge in [0.15, 0.2) is 0 Å². The zero-order valence-corrected chi connectivity index (χ0v) is 11.5. The molecule has 18 heavy (non-hydrogen) atoms. The highest BCUT2D eigenvalue weighted by Gasteiger charge is 2.15. The lowest BCUT2D eigenvalue weighted by molar-refractivity contribution is 0.0697. The number of rotatable bonds is 6. The fourth-order valence-corrected chi connectivity index (χ4v) is 1.83. The molecular formula is C14H22N2O2. The number of nitrogens with one attached hydrogen (secondary N) is 1. The number of pyridine rings is 1. The Balaban J connectivity index is 2.78. The zero-order chi connectivity index (χ0) is 13.7. The second-order valence-electron chi connectivity index (χ2n) is 5.17. The average molecular weight is 250 g/mol. The summed E-state index contributed by atoms with van der Waals surface area (Å²) in [5, 5.41) is 12.4. The van der Waals surface area contributed by atoms with Gasteiger partial charge < -0.3 is 10.4 Å². The topological polar surface area (TPSA) is 62.2 Å². The molecule has 2 N–H and O–H groups in total. The first-order chi connectivity index (χ1) is 8.41. The van der Waals surface area contributed by atoms with E-state index in [0.29, 0.717) is 11.7 Å². The van der Waals surface area contributed by atoms with Crippen LogP contribution in [-0.2, 0) is 0 Å². The van der Waals surface area contributed by atoms with E-state index in [1.165, 1.54) is 0 Å². The second kappa shape index (κ2) is 6.38. The van der Waals surface area contributed by atoms with Crippen LogP contribution in [0, 0.1) is 12.8 Å². The van der Waals surface area contributed by atoms with Crippen LogP contribution in [-0.4, -0.2) is 22.1 Å². The number of aromatic carboxylic acids is 1. The molecule has 0 aliphatic carbocycles. The molecule has 0 saturated carbocycles. The quantitative estimate of drug-likeness (QED) is 0.813. The third-order valence-corrected chi connectivity index (χ3v) is 2.93. The molecule has 4 heteroatoms. The fraction of sp³-hybridized carbons (Fsp3) is 0.571. The Morgan fingerprint density at radius 3 is 2.61 bits per heavy atom. The van der Waals surface area contributed by atoms with E-state index in [9.17, 15) is 9.90 Å². The molecule has 0 radical (unpaired) electrons. The van der Waals surface area contributed by atoms with Crippen molar-refractivity contribution < 1.29 is 9.90 Å². The smallest absolute Gasteiger partial charge is 0.339 e. The van der Waals surface area contributed by atoms with E-state index in [-0.39, 0.29) is 11.6 Å². The highest BCUT2D eigenvalue weighted by atomic mass is 16.4. The molecule has 0 amide bonds. The number of aromatic nitrogens is 1. The van der Waals surface area contributed by atoms with Gasteiger partial charge >= 0.3 is 5.97 Å². The maximum Gasteiger partial charge on any atom is 0.339 e. The number of aryl methyl sites for hydroxylation is 1. The Hall–Kier alpha value is -1.58. The molecule has 1 atom stereocenters. The van der Waals surface area contributed by atoms with Crippen molar-refractivity contribution in [3.63, 3.8) is 0 Å². The number of carboxylic acid groups (broad SMARTS) is 1. The summed E-state index contributed by atoms with van der Waals surface area (Å²) in [6, 6.07) is 1.94. The van der Waals surface area contributed by atoms with Crippen LogP contribution in [0.25, 0.3) is 0 Å². The number of carboxylic acids is 1. The summed E-state index contributed by atoms with van der Waals surface area (Å²) in [6.07, 6.45) is 3.76. The molecule has 0 saturated heterocycles. The van der Waals surface area contributed by atoms with E-state index in [2.05, 4.69) is 31.1 Å². The predicted octanol–water partition coefficient (Wildman–Crippen LogP) is 3.32. The van der Waals surface area contributed by atoms with E-state index in [1.807, 2.05) is 0 Å². The van der Waals surface area contributed by atoms with Gasteiger partial charge in [0.2, 0.25) is 0 Å². The largest absolute Gasteiger partial charge is 0.478 e. The summed E-state index contributed by atoms with van der Waals surface area (Å²) in [5.41, 5.74) is 1.00. The predicted molar refractivity (Wildman–Crippen MR) is 73.1 cm³/mol. The normalized spacial score (nSPS) is 12.5. The number of carbonyl (C=O) groups is 1. The molecule has 0 aliphatic rings. The summed E-state index contributed by atoms with van der Waals surface area (Å²) in [4.78, 5) is 15.3. The molecule has 0 aromatic carbocycles. The number of anilines is 1. The van der Waals surface area contributed by atoms with Gasteiger partial charge in [0.05, 0.1) is 0 Å². The molecule has 1 aromatic heterocycles. The maximum absolute atomic E-state index is 11.2. The van der Waals surface area contributed by atoms with Crippen LogP contribution >= 0.6 is 0 Å². The molecule has 0 bridgehead atoms. The minimum absolute atomic E-state index is 0.222. The Morgan fingerprint density at radius 2 is 2.06 bits per heavy atom. The van der Waals surface area contributed by atoms with Crippen molar-refractivity contribution in [3.05, 3.63) is 23.4 Å². The zero-order valence-electron chi connectivity index (χ0n) is 11.5. The fourth-order valence-electron chi connectivity index (χ4n) is 1.83. The molecule has 0 fully saturated rings. The summed E-state index contributed by atoms with van der Waals surface area (Å²) in [6.45, 7) is 8.20. The minimum Gasteiger partial charge on any atom is -0.478 e. The van der Waals surface area contributed by atoms with Crippen molar-refractivity contribution in [1.82, 2.24) is 4.98 Å². The Kier molecular flexibility index (Phi) is 5.13. The molecular weight excluding hydrogens is 228 g/mol. The van der Waals surface area contributed by atoms with Crippen LogP contribution in [0.5, 0.6) is 0 Å². The Labute approximate surface area is 108 Å². The van der Waals surface area contributed by atoms with E-state index in [1.54, 1.807) is 19.2 Å². The van der Waals surface area contributed by atoms with Crippen molar-refractivity contribution in [1.29, 1.82) is 0 Å². The van der Waals surface area contributed by atoms with Crippen LogP contribution < -0.4 is 5.32 Å². The van der Waals surface area contributed by atoms with Crippen molar-refractivity contribution in [2.75, 3.05) is 5.32 Å². The van der Waals surface area contributed by atoms with Gasteiger partial charge in [-0.25, -0.2) is 9.78 Å². The van der Waals surface area contributed by atoms with E-state index >= 15 is 0 Å². The number of nitrogens with zero attached hydrogens (tertiary/aromatic N) is 1. The first kappa shape index (κ1) is 14.5. The molecule has 1 rings (SSSR count). The molecule has 100 valence electrons. The lowest BCUT2D eigenvalue weighted by Crippen LogP contribution is -2.19. The van der Waals surface area contributed by atoms with Crippen molar-refractivity contribution >= 4 is 11.8 Å². The molecule has 4 nitrogen and oxygen atoms in total. The summed E-state index contributed by atoms with van der Waals surface area (Å²) >= 11 is 0. The Morgan fingerprint density at radius 1 is 1.39 bits per heavy atom. The van der Waals surface area contributed by atoms with Crippen molar-refractivity contribution in [3.8, 4) is 0 Å². The standard InChI is InChI=1S/C14H22N2O2/c1-9(2)5-6-11(4)16-13-12(14(17)18)10(3)7-8-15-13/h7-9,11H,5-6H2,1-4H3,(H,15,16)(H,17,18). The monoisotopic (exact) mass is 250 g/mol. The van der Waals surface area contributed by atoms with E-state index < -0.39 is 5.97 Å². The SMILES string of the molecule is Cc1ccnc(NC(C)CCC(C)C)c1C(=O)O. The highest BCUT2D eigenvalue weighted by Crippen LogP contribution is 2.19. The minimum atomic E-state index is -0.931. The summed E-state index contributed by atoms with van der Waals surface area (Å²) < 4.78 is 0. The third kappa shape index (κ3) is 4.02.